The summed E-state index contributed by atoms with van der Waals surface area (Å²) in [6.07, 6.45) is 2.20. The maximum atomic E-state index is 14.1. The molecule has 1 fully saturated rings. The molecule has 0 saturated carbocycles. The number of piperidine rings is 1. The van der Waals surface area contributed by atoms with Crippen LogP contribution in [0.2, 0.25) is 0 Å². The summed E-state index contributed by atoms with van der Waals surface area (Å²) in [7, 11) is 0. The van der Waals surface area contributed by atoms with Gasteiger partial charge in [-0.3, -0.25) is 0 Å². The number of halogens is 1. The molecular formula is C15H23FN2O. The van der Waals surface area contributed by atoms with Gasteiger partial charge in [-0.1, -0.05) is 12.1 Å². The SMILES string of the molecule is CCOC1CCN(c2c(F)cccc2[C@H](C)N)CC1. The lowest BCUT2D eigenvalue weighted by Crippen LogP contribution is -2.38. The minimum atomic E-state index is -0.176. The number of rotatable bonds is 4. The summed E-state index contributed by atoms with van der Waals surface area (Å²) in [5.74, 6) is -0.176. The van der Waals surface area contributed by atoms with Gasteiger partial charge in [0.1, 0.15) is 5.82 Å². The molecule has 1 heterocycles. The Hall–Kier alpha value is -1.13. The molecule has 1 saturated heterocycles. The van der Waals surface area contributed by atoms with Crippen molar-refractivity contribution in [3.8, 4) is 0 Å². The molecule has 0 amide bonds. The second-order valence-electron chi connectivity index (χ2n) is 5.11. The van der Waals surface area contributed by atoms with E-state index in [1.165, 1.54) is 6.07 Å². The summed E-state index contributed by atoms with van der Waals surface area (Å²) in [6.45, 7) is 6.30. The quantitative estimate of drug-likeness (QED) is 0.910. The van der Waals surface area contributed by atoms with Crippen molar-refractivity contribution in [2.24, 2.45) is 5.73 Å². The predicted molar refractivity (Wildman–Crippen MR) is 75.9 cm³/mol. The second kappa shape index (κ2) is 6.35. The van der Waals surface area contributed by atoms with Gasteiger partial charge in [-0.05, 0) is 38.3 Å². The Bertz CT molecular complexity index is 415. The van der Waals surface area contributed by atoms with E-state index in [-0.39, 0.29) is 11.9 Å². The van der Waals surface area contributed by atoms with Crippen molar-refractivity contribution >= 4 is 5.69 Å². The van der Waals surface area contributed by atoms with Crippen molar-refractivity contribution in [3.05, 3.63) is 29.6 Å². The summed E-state index contributed by atoms with van der Waals surface area (Å²) >= 11 is 0. The van der Waals surface area contributed by atoms with E-state index in [2.05, 4.69) is 4.90 Å². The third-order valence-electron chi connectivity index (χ3n) is 3.67. The van der Waals surface area contributed by atoms with E-state index < -0.39 is 0 Å². The van der Waals surface area contributed by atoms with Crippen LogP contribution in [0, 0.1) is 5.82 Å². The zero-order valence-electron chi connectivity index (χ0n) is 11.7. The van der Waals surface area contributed by atoms with Crippen LogP contribution in [0.1, 0.15) is 38.3 Å². The molecule has 2 N–H and O–H groups in total. The fourth-order valence-electron chi connectivity index (χ4n) is 2.71. The third kappa shape index (κ3) is 3.25. The van der Waals surface area contributed by atoms with Gasteiger partial charge in [-0.15, -0.1) is 0 Å². The minimum absolute atomic E-state index is 0.157. The average Bonchev–Trinajstić information content (AvgIpc) is 2.40. The molecule has 0 aliphatic carbocycles. The van der Waals surface area contributed by atoms with Crippen molar-refractivity contribution in [3.63, 3.8) is 0 Å². The van der Waals surface area contributed by atoms with Crippen molar-refractivity contribution in [1.82, 2.24) is 0 Å². The maximum Gasteiger partial charge on any atom is 0.146 e. The van der Waals surface area contributed by atoms with Crippen LogP contribution in [0.25, 0.3) is 0 Å². The molecule has 0 unspecified atom stereocenters. The van der Waals surface area contributed by atoms with E-state index in [4.69, 9.17) is 10.5 Å². The molecule has 1 aliphatic heterocycles. The van der Waals surface area contributed by atoms with Crippen LogP contribution in [-0.2, 0) is 4.74 Å². The van der Waals surface area contributed by atoms with Crippen LogP contribution in [0.15, 0.2) is 18.2 Å². The molecule has 0 radical (unpaired) electrons. The number of nitrogens with two attached hydrogens (primary N) is 1. The number of para-hydroxylation sites is 1. The number of ether oxygens (including phenoxy) is 1. The Morgan fingerprint density at radius 3 is 2.68 bits per heavy atom. The molecule has 3 nitrogen and oxygen atoms in total. The predicted octanol–water partition coefficient (Wildman–Crippen LogP) is 2.85. The standard InChI is InChI=1S/C15H23FN2O/c1-3-19-12-7-9-18(10-8-12)15-13(11(2)17)5-4-6-14(15)16/h4-6,11-12H,3,7-10,17H2,1-2H3/t11-/m0/s1. The lowest BCUT2D eigenvalue weighted by Gasteiger charge is -2.35. The van der Waals surface area contributed by atoms with Gasteiger partial charge in [-0.25, -0.2) is 4.39 Å². The summed E-state index contributed by atoms with van der Waals surface area (Å²) in [4.78, 5) is 2.10. The Morgan fingerprint density at radius 1 is 1.42 bits per heavy atom. The highest BCUT2D eigenvalue weighted by Gasteiger charge is 2.24. The normalized spacial score (nSPS) is 18.6. The lowest BCUT2D eigenvalue weighted by atomic mass is 10.0. The smallest absolute Gasteiger partial charge is 0.146 e. The lowest BCUT2D eigenvalue weighted by molar-refractivity contribution is 0.0458. The van der Waals surface area contributed by atoms with Crippen LogP contribution in [0.3, 0.4) is 0 Å². The first-order valence-corrected chi connectivity index (χ1v) is 7.04. The Balaban J connectivity index is 2.15. The van der Waals surface area contributed by atoms with E-state index in [0.717, 1.165) is 38.1 Å². The molecule has 4 heteroatoms. The zero-order chi connectivity index (χ0) is 13.8. The van der Waals surface area contributed by atoms with E-state index in [9.17, 15) is 4.39 Å². The zero-order valence-corrected chi connectivity index (χ0v) is 11.7. The van der Waals surface area contributed by atoms with Gasteiger partial charge in [0.05, 0.1) is 11.8 Å². The number of hydrogen-bond donors (Lipinski definition) is 1. The minimum Gasteiger partial charge on any atom is -0.378 e. The van der Waals surface area contributed by atoms with Crippen LogP contribution in [0.5, 0.6) is 0 Å². The first-order chi connectivity index (χ1) is 9.13. The summed E-state index contributed by atoms with van der Waals surface area (Å²) in [5, 5.41) is 0. The molecular weight excluding hydrogens is 243 g/mol. The van der Waals surface area contributed by atoms with Gasteiger partial charge in [0.25, 0.3) is 0 Å². The number of benzene rings is 1. The van der Waals surface area contributed by atoms with Crippen LogP contribution in [0.4, 0.5) is 10.1 Å². The maximum absolute atomic E-state index is 14.1. The average molecular weight is 266 g/mol. The highest BCUT2D eigenvalue weighted by molar-refractivity contribution is 5.56. The fraction of sp³-hybridized carbons (Fsp3) is 0.600. The molecule has 1 aliphatic rings. The van der Waals surface area contributed by atoms with E-state index in [0.29, 0.717) is 11.8 Å². The molecule has 2 rings (SSSR count). The van der Waals surface area contributed by atoms with Gasteiger partial charge < -0.3 is 15.4 Å². The van der Waals surface area contributed by atoms with Crippen molar-refractivity contribution < 1.29 is 9.13 Å². The van der Waals surface area contributed by atoms with Crippen molar-refractivity contribution in [2.75, 3.05) is 24.6 Å². The van der Waals surface area contributed by atoms with Gasteiger partial charge in [0.2, 0.25) is 0 Å². The first-order valence-electron chi connectivity index (χ1n) is 7.04. The molecule has 1 aromatic rings. The van der Waals surface area contributed by atoms with Gasteiger partial charge in [-0.2, -0.15) is 0 Å². The van der Waals surface area contributed by atoms with E-state index in [1.54, 1.807) is 6.07 Å². The van der Waals surface area contributed by atoms with Crippen LogP contribution in [-0.4, -0.2) is 25.8 Å². The van der Waals surface area contributed by atoms with Gasteiger partial charge in [0.15, 0.2) is 0 Å². The number of anilines is 1. The van der Waals surface area contributed by atoms with Gasteiger partial charge >= 0.3 is 0 Å². The van der Waals surface area contributed by atoms with Gasteiger partial charge in [0, 0.05) is 25.7 Å². The van der Waals surface area contributed by atoms with E-state index >= 15 is 0 Å². The molecule has 0 bridgehead atoms. The molecule has 0 spiro atoms. The highest BCUT2D eigenvalue weighted by atomic mass is 19.1. The van der Waals surface area contributed by atoms with Crippen molar-refractivity contribution in [2.45, 2.75) is 38.8 Å². The van der Waals surface area contributed by atoms with Crippen LogP contribution < -0.4 is 10.6 Å². The van der Waals surface area contributed by atoms with E-state index in [1.807, 2.05) is 19.9 Å². The van der Waals surface area contributed by atoms with Crippen molar-refractivity contribution in [1.29, 1.82) is 0 Å². The number of nitrogens with zero attached hydrogens (tertiary/aromatic N) is 1. The Morgan fingerprint density at radius 2 is 2.11 bits per heavy atom. The summed E-state index contributed by atoms with van der Waals surface area (Å²) in [6, 6.07) is 4.99. The summed E-state index contributed by atoms with van der Waals surface area (Å²) in [5.41, 5.74) is 7.50. The third-order valence-corrected chi connectivity index (χ3v) is 3.67. The molecule has 19 heavy (non-hydrogen) atoms. The molecule has 1 atom stereocenters. The number of hydrogen-bond acceptors (Lipinski definition) is 3. The largest absolute Gasteiger partial charge is 0.378 e. The topological polar surface area (TPSA) is 38.5 Å². The molecule has 106 valence electrons. The molecule has 1 aromatic carbocycles. The Labute approximate surface area is 114 Å². The van der Waals surface area contributed by atoms with Crippen LogP contribution >= 0.6 is 0 Å². The fourth-order valence-corrected chi connectivity index (χ4v) is 2.71. The molecule has 0 aromatic heterocycles. The first kappa shape index (κ1) is 14.3. The second-order valence-corrected chi connectivity index (χ2v) is 5.11. The highest BCUT2D eigenvalue weighted by Crippen LogP contribution is 2.31. The summed E-state index contributed by atoms with van der Waals surface area (Å²) < 4.78 is 19.7. The Kier molecular flexibility index (Phi) is 4.77. The monoisotopic (exact) mass is 266 g/mol.